The minimum absolute atomic E-state index is 0.00586. The van der Waals surface area contributed by atoms with Gasteiger partial charge in [0.25, 0.3) is 5.91 Å². The Morgan fingerprint density at radius 2 is 1.67 bits per heavy atom. The molecule has 0 aliphatic carbocycles. The first-order valence-corrected chi connectivity index (χ1v) is 13.0. The molecule has 36 heavy (non-hydrogen) atoms. The third-order valence-electron chi connectivity index (χ3n) is 7.28. The van der Waals surface area contributed by atoms with Crippen molar-refractivity contribution in [1.29, 1.82) is 0 Å². The molecule has 1 atom stereocenters. The number of amides is 1. The lowest BCUT2D eigenvalue weighted by Gasteiger charge is -2.33. The minimum atomic E-state index is -0.235. The average molecular weight is 502 g/mol. The van der Waals surface area contributed by atoms with Crippen molar-refractivity contribution in [2.75, 3.05) is 26.7 Å². The molecule has 0 saturated carbocycles. The molecule has 0 N–H and O–H groups in total. The highest BCUT2D eigenvalue weighted by Gasteiger charge is 2.36. The summed E-state index contributed by atoms with van der Waals surface area (Å²) in [5.41, 5.74) is 4.06. The third-order valence-corrected chi connectivity index (χ3v) is 7.63. The van der Waals surface area contributed by atoms with E-state index >= 15 is 0 Å². The predicted molar refractivity (Wildman–Crippen MR) is 144 cm³/mol. The van der Waals surface area contributed by atoms with Crippen LogP contribution in [0, 0.1) is 5.92 Å². The summed E-state index contributed by atoms with van der Waals surface area (Å²) < 4.78 is 5.57. The first-order chi connectivity index (χ1) is 17.6. The second-order valence-corrected chi connectivity index (χ2v) is 10.0. The maximum atomic E-state index is 13.6. The van der Waals surface area contributed by atoms with Crippen molar-refractivity contribution in [3.8, 4) is 5.75 Å². The van der Waals surface area contributed by atoms with Crippen LogP contribution in [0.25, 0.3) is 0 Å². The molecule has 5 rings (SSSR count). The Hall–Kier alpha value is -3.15. The number of methoxy groups -OCH3 is 1. The number of nitrogens with zero attached hydrogens (tertiary/aromatic N) is 3. The van der Waals surface area contributed by atoms with Gasteiger partial charge in [0.05, 0.1) is 25.4 Å². The van der Waals surface area contributed by atoms with Gasteiger partial charge >= 0.3 is 0 Å². The number of hydrazone groups is 1. The third kappa shape index (κ3) is 5.48. The van der Waals surface area contributed by atoms with E-state index in [0.29, 0.717) is 23.9 Å². The molecule has 2 aliphatic heterocycles. The summed E-state index contributed by atoms with van der Waals surface area (Å²) in [6.07, 6.45) is 3.91. The highest BCUT2D eigenvalue weighted by molar-refractivity contribution is 6.31. The summed E-state index contributed by atoms with van der Waals surface area (Å²) >= 11 is 6.58. The number of carbonyl (C=O) groups excluding carboxylic acids is 1. The molecule has 2 heterocycles. The number of rotatable bonds is 7. The number of benzene rings is 3. The molecule has 0 radical (unpaired) electrons. The molecule has 1 amide bonds. The SMILES string of the molecule is COc1ccccc1C1=NN(C(=O)CN2CCC(Cc3ccccc3)CC2)C(c2ccccc2Cl)C1. The van der Waals surface area contributed by atoms with Crippen molar-refractivity contribution in [2.24, 2.45) is 11.0 Å². The number of piperidine rings is 1. The molecule has 0 spiro atoms. The Morgan fingerprint density at radius 3 is 2.42 bits per heavy atom. The zero-order chi connectivity index (χ0) is 24.9. The molecular weight excluding hydrogens is 470 g/mol. The van der Waals surface area contributed by atoms with Gasteiger partial charge in [0.1, 0.15) is 5.75 Å². The van der Waals surface area contributed by atoms with Gasteiger partial charge < -0.3 is 4.74 Å². The highest BCUT2D eigenvalue weighted by Crippen LogP contribution is 2.38. The van der Waals surface area contributed by atoms with Gasteiger partial charge in [-0.1, -0.05) is 72.3 Å². The van der Waals surface area contributed by atoms with Crippen molar-refractivity contribution in [3.05, 3.63) is 101 Å². The number of halogens is 1. The maximum Gasteiger partial charge on any atom is 0.257 e. The standard InChI is InChI=1S/C30H32ClN3O2/c1-36-29-14-8-6-12-25(29)27-20-28(24-11-5-7-13-26(24)31)34(32-27)30(35)21-33-17-15-23(16-18-33)19-22-9-3-2-4-10-22/h2-14,23,28H,15-21H2,1H3. The molecule has 0 aromatic heterocycles. The summed E-state index contributed by atoms with van der Waals surface area (Å²) in [5.74, 6) is 1.42. The largest absolute Gasteiger partial charge is 0.496 e. The lowest BCUT2D eigenvalue weighted by Crippen LogP contribution is -2.42. The fourth-order valence-corrected chi connectivity index (χ4v) is 5.60. The first-order valence-electron chi connectivity index (χ1n) is 12.7. The summed E-state index contributed by atoms with van der Waals surface area (Å²) in [7, 11) is 1.66. The molecule has 186 valence electrons. The number of para-hydroxylation sites is 1. The van der Waals surface area contributed by atoms with Crippen LogP contribution in [0.1, 0.15) is 42.0 Å². The van der Waals surface area contributed by atoms with Crippen LogP contribution in [-0.4, -0.2) is 48.3 Å². The van der Waals surface area contributed by atoms with Crippen molar-refractivity contribution >= 4 is 23.2 Å². The molecule has 3 aromatic carbocycles. The van der Waals surface area contributed by atoms with E-state index in [0.717, 1.165) is 54.9 Å². The van der Waals surface area contributed by atoms with E-state index in [9.17, 15) is 4.79 Å². The van der Waals surface area contributed by atoms with Crippen LogP contribution in [0.5, 0.6) is 5.75 Å². The zero-order valence-electron chi connectivity index (χ0n) is 20.6. The van der Waals surface area contributed by atoms with Gasteiger partial charge in [-0.25, -0.2) is 5.01 Å². The molecule has 3 aromatic rings. The van der Waals surface area contributed by atoms with Crippen LogP contribution in [0.4, 0.5) is 0 Å². The van der Waals surface area contributed by atoms with Crippen LogP contribution >= 0.6 is 11.6 Å². The number of likely N-dealkylation sites (tertiary alicyclic amines) is 1. The molecule has 2 aliphatic rings. The maximum absolute atomic E-state index is 13.6. The summed E-state index contributed by atoms with van der Waals surface area (Å²) in [6.45, 7) is 2.22. The fourth-order valence-electron chi connectivity index (χ4n) is 5.33. The first kappa shape index (κ1) is 24.5. The van der Waals surface area contributed by atoms with Gasteiger partial charge in [0.15, 0.2) is 0 Å². The number of carbonyl (C=O) groups is 1. The monoisotopic (exact) mass is 501 g/mol. The smallest absolute Gasteiger partial charge is 0.257 e. The molecule has 1 unspecified atom stereocenters. The minimum Gasteiger partial charge on any atom is -0.496 e. The Morgan fingerprint density at radius 1 is 0.972 bits per heavy atom. The lowest BCUT2D eigenvalue weighted by atomic mass is 9.90. The molecular formula is C30H32ClN3O2. The van der Waals surface area contributed by atoms with E-state index in [4.69, 9.17) is 21.4 Å². The topological polar surface area (TPSA) is 45.1 Å². The van der Waals surface area contributed by atoms with Gasteiger partial charge in [0, 0.05) is 17.0 Å². The lowest BCUT2D eigenvalue weighted by molar-refractivity contribution is -0.134. The molecule has 5 nitrogen and oxygen atoms in total. The van der Waals surface area contributed by atoms with Crippen LogP contribution in [0.3, 0.4) is 0 Å². The van der Waals surface area contributed by atoms with Crippen molar-refractivity contribution in [2.45, 2.75) is 31.7 Å². The van der Waals surface area contributed by atoms with E-state index in [1.54, 1.807) is 12.1 Å². The van der Waals surface area contributed by atoms with Gasteiger partial charge in [-0.2, -0.15) is 5.10 Å². The molecule has 6 heteroatoms. The van der Waals surface area contributed by atoms with E-state index in [1.807, 2.05) is 48.5 Å². The van der Waals surface area contributed by atoms with Crippen LogP contribution in [0.15, 0.2) is 84.0 Å². The predicted octanol–water partition coefficient (Wildman–Crippen LogP) is 5.98. The van der Waals surface area contributed by atoms with Crippen molar-refractivity contribution in [3.63, 3.8) is 0 Å². The van der Waals surface area contributed by atoms with Gasteiger partial charge in [-0.3, -0.25) is 9.69 Å². The number of ether oxygens (including phenoxy) is 1. The van der Waals surface area contributed by atoms with Crippen molar-refractivity contribution in [1.82, 2.24) is 9.91 Å². The highest BCUT2D eigenvalue weighted by atomic mass is 35.5. The second-order valence-electron chi connectivity index (χ2n) is 9.64. The Labute approximate surface area is 218 Å². The fraction of sp³-hybridized carbons (Fsp3) is 0.333. The van der Waals surface area contributed by atoms with E-state index < -0.39 is 0 Å². The van der Waals surface area contributed by atoms with Crippen LogP contribution in [-0.2, 0) is 11.2 Å². The zero-order valence-corrected chi connectivity index (χ0v) is 21.4. The van der Waals surface area contributed by atoms with Crippen LogP contribution < -0.4 is 4.74 Å². The normalized spacial score (nSPS) is 18.8. The van der Waals surface area contributed by atoms with E-state index in [-0.39, 0.29) is 11.9 Å². The summed E-state index contributed by atoms with van der Waals surface area (Å²) in [4.78, 5) is 15.9. The molecule has 1 fully saturated rings. The second kappa shape index (κ2) is 11.3. The van der Waals surface area contributed by atoms with E-state index in [2.05, 4.69) is 35.2 Å². The Balaban J connectivity index is 1.30. The number of hydrogen-bond acceptors (Lipinski definition) is 4. The van der Waals surface area contributed by atoms with Crippen molar-refractivity contribution < 1.29 is 9.53 Å². The summed E-state index contributed by atoms with van der Waals surface area (Å²) in [5, 5.41) is 7.14. The Bertz CT molecular complexity index is 1220. The van der Waals surface area contributed by atoms with Gasteiger partial charge in [-0.15, -0.1) is 0 Å². The molecule has 0 bridgehead atoms. The quantitative estimate of drug-likeness (QED) is 0.400. The van der Waals surface area contributed by atoms with Crippen LogP contribution in [0.2, 0.25) is 5.02 Å². The Kier molecular flexibility index (Phi) is 7.69. The number of hydrogen-bond donors (Lipinski definition) is 0. The van der Waals surface area contributed by atoms with E-state index in [1.165, 1.54) is 5.56 Å². The molecule has 1 saturated heterocycles. The van der Waals surface area contributed by atoms with Gasteiger partial charge in [-0.05, 0) is 67.6 Å². The van der Waals surface area contributed by atoms with Gasteiger partial charge in [0.2, 0.25) is 0 Å². The average Bonchev–Trinajstić information content (AvgIpc) is 3.36. The summed E-state index contributed by atoms with van der Waals surface area (Å²) in [6, 6.07) is 26.0.